The molecular formula is C18H26Cl3F3N2O. The molecule has 0 bridgehead atoms. The zero-order valence-corrected chi connectivity index (χ0v) is 17.3. The highest BCUT2D eigenvalue weighted by atomic mass is 35.5. The van der Waals surface area contributed by atoms with Crippen molar-refractivity contribution in [1.82, 2.24) is 10.2 Å². The Bertz CT molecular complexity index is 559. The van der Waals surface area contributed by atoms with Crippen molar-refractivity contribution in [3.05, 3.63) is 28.8 Å². The van der Waals surface area contributed by atoms with Gasteiger partial charge in [-0.05, 0) is 36.5 Å². The fourth-order valence-corrected chi connectivity index (χ4v) is 4.33. The molecule has 1 N–H and O–H groups in total. The molecule has 2 aliphatic rings. The zero-order chi connectivity index (χ0) is 17.9. The van der Waals surface area contributed by atoms with Gasteiger partial charge >= 0.3 is 6.36 Å². The minimum atomic E-state index is -4.73. The summed E-state index contributed by atoms with van der Waals surface area (Å²) in [6, 6.07) is 4.96. The predicted molar refractivity (Wildman–Crippen MR) is 106 cm³/mol. The van der Waals surface area contributed by atoms with Gasteiger partial charge in [-0.2, -0.15) is 0 Å². The quantitative estimate of drug-likeness (QED) is 0.647. The number of rotatable bonds is 4. The summed E-state index contributed by atoms with van der Waals surface area (Å²) < 4.78 is 41.4. The topological polar surface area (TPSA) is 24.5 Å². The SMILES string of the molecule is Cl.Cl.FC(F)(F)Oc1ccc([C@@H](C2CCCCC2)N2CCNCC2)cc1Cl. The number of nitrogens with zero attached hydrogens (tertiary/aromatic N) is 1. The van der Waals surface area contributed by atoms with E-state index in [0.717, 1.165) is 44.6 Å². The van der Waals surface area contributed by atoms with Crippen LogP contribution in [-0.4, -0.2) is 37.4 Å². The lowest BCUT2D eigenvalue weighted by Gasteiger charge is -2.41. The molecule has 1 heterocycles. The summed E-state index contributed by atoms with van der Waals surface area (Å²) in [7, 11) is 0. The lowest BCUT2D eigenvalue weighted by molar-refractivity contribution is -0.274. The Morgan fingerprint density at radius 3 is 2.26 bits per heavy atom. The molecule has 1 atom stereocenters. The molecule has 1 aliphatic carbocycles. The first-order chi connectivity index (χ1) is 11.9. The number of ether oxygens (including phenoxy) is 1. The van der Waals surface area contributed by atoms with E-state index in [4.69, 9.17) is 11.6 Å². The Balaban J connectivity index is 0.00000182. The van der Waals surface area contributed by atoms with Gasteiger partial charge in [0.1, 0.15) is 5.75 Å². The summed E-state index contributed by atoms with van der Waals surface area (Å²) in [5.74, 6) is 0.193. The molecule has 2 fully saturated rings. The summed E-state index contributed by atoms with van der Waals surface area (Å²) >= 11 is 6.10. The van der Waals surface area contributed by atoms with Gasteiger partial charge in [-0.25, -0.2) is 0 Å². The summed E-state index contributed by atoms with van der Waals surface area (Å²) in [6.07, 6.45) is 1.29. The average Bonchev–Trinajstić information content (AvgIpc) is 2.58. The average molecular weight is 450 g/mol. The molecule has 3 nitrogen and oxygen atoms in total. The maximum absolute atomic E-state index is 12.5. The maximum Gasteiger partial charge on any atom is 0.573 e. The van der Waals surface area contributed by atoms with E-state index < -0.39 is 6.36 Å². The predicted octanol–water partition coefficient (Wildman–Crippen LogP) is 5.61. The van der Waals surface area contributed by atoms with Gasteiger partial charge in [-0.3, -0.25) is 4.90 Å². The molecule has 1 aromatic carbocycles. The van der Waals surface area contributed by atoms with Crippen LogP contribution in [0.25, 0.3) is 0 Å². The number of piperazine rings is 1. The van der Waals surface area contributed by atoms with Gasteiger partial charge in [0.05, 0.1) is 5.02 Å². The molecule has 1 aromatic rings. The third-order valence-electron chi connectivity index (χ3n) is 5.16. The van der Waals surface area contributed by atoms with Crippen LogP contribution >= 0.6 is 36.4 Å². The lowest BCUT2D eigenvalue weighted by atomic mass is 9.80. The highest BCUT2D eigenvalue weighted by Crippen LogP contribution is 2.41. The molecule has 1 aliphatic heterocycles. The third-order valence-corrected chi connectivity index (χ3v) is 5.46. The highest BCUT2D eigenvalue weighted by Gasteiger charge is 2.34. The fraction of sp³-hybridized carbons (Fsp3) is 0.667. The van der Waals surface area contributed by atoms with Gasteiger partial charge in [0.25, 0.3) is 0 Å². The van der Waals surface area contributed by atoms with Crippen LogP contribution < -0.4 is 10.1 Å². The van der Waals surface area contributed by atoms with Crippen LogP contribution in [0.4, 0.5) is 13.2 Å². The smallest absolute Gasteiger partial charge is 0.404 e. The minimum Gasteiger partial charge on any atom is -0.404 e. The first kappa shape index (κ1) is 24.6. The Morgan fingerprint density at radius 2 is 1.70 bits per heavy atom. The fourth-order valence-electron chi connectivity index (χ4n) is 4.10. The summed E-state index contributed by atoms with van der Waals surface area (Å²) in [5, 5.41) is 3.38. The summed E-state index contributed by atoms with van der Waals surface area (Å²) in [4.78, 5) is 2.45. The van der Waals surface area contributed by atoms with Crippen molar-refractivity contribution >= 4 is 36.4 Å². The number of nitrogens with one attached hydrogen (secondary N) is 1. The molecule has 0 unspecified atom stereocenters. The Kier molecular flexibility index (Phi) is 10.00. The van der Waals surface area contributed by atoms with Crippen molar-refractivity contribution in [2.75, 3.05) is 26.2 Å². The molecule has 3 rings (SSSR count). The van der Waals surface area contributed by atoms with Crippen LogP contribution in [0.3, 0.4) is 0 Å². The van der Waals surface area contributed by atoms with Crippen molar-refractivity contribution in [3.63, 3.8) is 0 Å². The zero-order valence-electron chi connectivity index (χ0n) is 14.9. The molecule has 0 aromatic heterocycles. The Morgan fingerprint density at radius 1 is 1.07 bits per heavy atom. The molecule has 9 heteroatoms. The second-order valence-corrected chi connectivity index (χ2v) is 7.27. The number of benzene rings is 1. The normalized spacial score (nSPS) is 20.3. The lowest BCUT2D eigenvalue weighted by Crippen LogP contribution is -2.47. The van der Waals surface area contributed by atoms with E-state index in [2.05, 4.69) is 15.0 Å². The molecule has 1 saturated heterocycles. The first-order valence-corrected chi connectivity index (χ1v) is 9.32. The molecular weight excluding hydrogens is 424 g/mol. The minimum absolute atomic E-state index is 0. The Hall–Kier alpha value is -0.400. The van der Waals surface area contributed by atoms with Gasteiger partial charge in [0.15, 0.2) is 0 Å². The standard InChI is InChI=1S/C18H24ClF3N2O.2ClH/c19-15-12-14(6-7-16(15)25-18(20,21)22)17(13-4-2-1-3-5-13)24-10-8-23-9-11-24;;/h6-7,12-13,17,23H,1-5,8-11H2;2*1H/t17-;;/m1../s1. The van der Waals surface area contributed by atoms with Gasteiger partial charge in [0.2, 0.25) is 0 Å². The summed E-state index contributed by atoms with van der Waals surface area (Å²) in [6.45, 7) is 3.76. The van der Waals surface area contributed by atoms with E-state index in [9.17, 15) is 13.2 Å². The van der Waals surface area contributed by atoms with Gasteiger partial charge in [0, 0.05) is 32.2 Å². The summed E-state index contributed by atoms with van der Waals surface area (Å²) in [5.41, 5.74) is 0.994. The van der Waals surface area contributed by atoms with Crippen molar-refractivity contribution in [3.8, 4) is 5.75 Å². The highest BCUT2D eigenvalue weighted by molar-refractivity contribution is 6.32. The number of hydrogen-bond acceptors (Lipinski definition) is 3. The molecule has 27 heavy (non-hydrogen) atoms. The van der Waals surface area contributed by atoms with Crippen molar-refractivity contribution in [1.29, 1.82) is 0 Å². The van der Waals surface area contributed by atoms with E-state index in [0.29, 0.717) is 5.92 Å². The number of hydrogen-bond donors (Lipinski definition) is 1. The van der Waals surface area contributed by atoms with E-state index in [1.165, 1.54) is 25.3 Å². The molecule has 0 radical (unpaired) electrons. The van der Waals surface area contributed by atoms with E-state index in [1.807, 2.05) is 0 Å². The van der Waals surface area contributed by atoms with Crippen LogP contribution in [0.5, 0.6) is 5.75 Å². The largest absolute Gasteiger partial charge is 0.573 e. The van der Waals surface area contributed by atoms with Gasteiger partial charge in [-0.15, -0.1) is 38.0 Å². The maximum atomic E-state index is 12.5. The van der Waals surface area contributed by atoms with Crippen molar-refractivity contribution < 1.29 is 17.9 Å². The molecule has 1 saturated carbocycles. The van der Waals surface area contributed by atoms with Crippen molar-refractivity contribution in [2.24, 2.45) is 5.92 Å². The van der Waals surface area contributed by atoms with Crippen LogP contribution in [-0.2, 0) is 0 Å². The van der Waals surface area contributed by atoms with Crippen LogP contribution in [0, 0.1) is 5.92 Å². The second-order valence-electron chi connectivity index (χ2n) is 6.87. The van der Waals surface area contributed by atoms with E-state index in [-0.39, 0.29) is 41.6 Å². The molecule has 0 amide bonds. The van der Waals surface area contributed by atoms with Gasteiger partial charge in [-0.1, -0.05) is 36.9 Å². The molecule has 0 spiro atoms. The number of alkyl halides is 3. The van der Waals surface area contributed by atoms with Crippen LogP contribution in [0.2, 0.25) is 5.02 Å². The van der Waals surface area contributed by atoms with Crippen LogP contribution in [0.1, 0.15) is 43.7 Å². The molecule has 156 valence electrons. The van der Waals surface area contributed by atoms with Crippen molar-refractivity contribution in [2.45, 2.75) is 44.5 Å². The monoisotopic (exact) mass is 448 g/mol. The third kappa shape index (κ3) is 6.86. The van der Waals surface area contributed by atoms with Gasteiger partial charge < -0.3 is 10.1 Å². The first-order valence-electron chi connectivity index (χ1n) is 8.94. The van der Waals surface area contributed by atoms with Crippen LogP contribution in [0.15, 0.2) is 18.2 Å². The second kappa shape index (κ2) is 11.0. The number of halogens is 6. The Labute approximate surface area is 175 Å². The van der Waals surface area contributed by atoms with E-state index >= 15 is 0 Å². The van der Waals surface area contributed by atoms with E-state index in [1.54, 1.807) is 12.1 Å².